The summed E-state index contributed by atoms with van der Waals surface area (Å²) in [6.45, 7) is -7.33. The summed E-state index contributed by atoms with van der Waals surface area (Å²) in [5.41, 5.74) is 0.729. The molecular weight excluding hydrogens is 1160 g/mol. The molecule has 36 nitrogen and oxygen atoms in total. The van der Waals surface area contributed by atoms with Gasteiger partial charge in [0.1, 0.15) is 177 Å². The van der Waals surface area contributed by atoms with Crippen LogP contribution in [0, 0.1) is 0 Å². The molecule has 21 fully saturated rings. The highest BCUT2D eigenvalue weighted by Gasteiger charge is 2.59. The van der Waals surface area contributed by atoms with Crippen LogP contribution in [0.3, 0.4) is 0 Å². The fourth-order valence-corrected chi connectivity index (χ4v) is 10.9. The van der Waals surface area contributed by atoms with Crippen LogP contribution in [-0.2, 0) is 66.3 Å². The number of carbonyl (C=O) groups excluding carboxylic acids is 1. The van der Waals surface area contributed by atoms with E-state index in [9.17, 15) is 112 Å². The molecule has 21 heterocycles. The van der Waals surface area contributed by atoms with Crippen molar-refractivity contribution in [2.75, 3.05) is 46.2 Å². The Bertz CT molecular complexity index is 1810. The van der Waals surface area contributed by atoms with Crippen LogP contribution in [0.25, 0.3) is 0 Å². The minimum absolute atomic E-state index is 0.729. The SMILES string of the molecule is O=Cc1ccccc1.OC[C@H]1O[C@@H]2O[C@H]3[C@H](O)[C@@H](O)[C@@H](O[C@H]4[C@H](O)[C@@H](O)[C@@H](O[C@H]5[C@H](O)[C@@H](O)[C@@H](O[C@H]6[C@H](O)[C@@H](O)[C@@H](O[C@H]7[C@@H](O)[C@H](O)[C@@H](O[C@H]8[C@@H](O)[C@H](O)[C@@H](O[C@H]1[C@H](O)[C@H]2O)O[C@@H]8CO)O[C@@H]7CO)O[C@@H]6CO)O[C@@H]5CO)O[C@@H]4CO)O[C@@H]3CO. The number of hydrogen-bond donors (Lipinski definition) is 21. The summed E-state index contributed by atoms with van der Waals surface area (Å²) in [4.78, 5) is 10.0. The Morgan fingerprint density at radius 2 is 0.400 bits per heavy atom. The molecule has 14 bridgehead atoms. The molecule has 22 rings (SSSR count). The first-order chi connectivity index (χ1) is 40.6. The van der Waals surface area contributed by atoms with E-state index in [1.807, 2.05) is 18.2 Å². The van der Waals surface area contributed by atoms with Crippen molar-refractivity contribution < 1.29 is 178 Å². The van der Waals surface area contributed by atoms with E-state index in [1.54, 1.807) is 12.1 Å². The Morgan fingerprint density at radius 3 is 0.518 bits per heavy atom. The number of ether oxygens (including phenoxy) is 14. The third-order valence-corrected chi connectivity index (χ3v) is 15.7. The van der Waals surface area contributed by atoms with Crippen molar-refractivity contribution in [2.45, 2.75) is 215 Å². The molecule has 1 aromatic carbocycles. The Morgan fingerprint density at radius 1 is 0.247 bits per heavy atom. The van der Waals surface area contributed by atoms with E-state index >= 15 is 0 Å². The van der Waals surface area contributed by atoms with Crippen LogP contribution in [0.5, 0.6) is 0 Å². The van der Waals surface area contributed by atoms with Crippen molar-refractivity contribution in [2.24, 2.45) is 0 Å². The van der Waals surface area contributed by atoms with Gasteiger partial charge in [-0.2, -0.15) is 0 Å². The first-order valence-electron chi connectivity index (χ1n) is 27.1. The maximum absolute atomic E-state index is 11.3. The third-order valence-electron chi connectivity index (χ3n) is 15.7. The minimum Gasteiger partial charge on any atom is -0.394 e. The standard InChI is InChI=1S/C42H70O35.C7H6O/c43-1-8-29-15(50)22(57)36(64-8)72-30-9(2-44)66-38(24(59)17(30)52)74-32-11(4-46)68-40(26(61)19(32)54)76-34-13(6-48)70-42(28(63)21(34)56)77-35-14(7-49)69-41(27(62)20(35)55)75-33-12(5-47)67-39(25(60)18(33)53)73-31-10(3-45)65-37(71-29)23(58)16(31)51;8-6-7-4-2-1-3-5-7/h8-63H,1-7H2;1-6H/t8-,9-,10-,11-,12-,13-,14-,15-,16-,17-,18-,19-,20+,21+,22-,23-,24-,25-,26-,27+,28+,29-,30-,31-,32-,33-,34-,35-,36-,37-,38-,39-,40-,41-,42-;/m1./s1. The Hall–Kier alpha value is -2.51. The molecule has 21 aliphatic heterocycles. The van der Waals surface area contributed by atoms with E-state index in [2.05, 4.69) is 0 Å². The summed E-state index contributed by atoms with van der Waals surface area (Å²) >= 11 is 0. The summed E-state index contributed by atoms with van der Waals surface area (Å²) in [5.74, 6) is 0. The molecule has 0 radical (unpaired) electrons. The lowest BCUT2D eigenvalue weighted by atomic mass is 9.95. The molecule has 1 aromatic rings. The summed E-state index contributed by atoms with van der Waals surface area (Å²) in [7, 11) is 0. The molecule has 21 N–H and O–H groups in total. The Balaban J connectivity index is 0.00000108. The van der Waals surface area contributed by atoms with Crippen LogP contribution in [-0.4, -0.2) is 375 Å². The van der Waals surface area contributed by atoms with Gasteiger partial charge < -0.3 is 174 Å². The molecule has 21 aliphatic rings. The van der Waals surface area contributed by atoms with Crippen molar-refractivity contribution in [1.82, 2.24) is 0 Å². The Labute approximate surface area is 481 Å². The number of aliphatic hydroxyl groups excluding tert-OH is 21. The average Bonchev–Trinajstić information content (AvgIpc) is 2.24. The lowest BCUT2D eigenvalue weighted by molar-refractivity contribution is -0.396. The van der Waals surface area contributed by atoms with E-state index in [0.29, 0.717) is 0 Å². The lowest BCUT2D eigenvalue weighted by Gasteiger charge is -2.50. The molecule has 35 atom stereocenters. The van der Waals surface area contributed by atoms with Gasteiger partial charge in [0.25, 0.3) is 0 Å². The molecule has 0 saturated carbocycles. The van der Waals surface area contributed by atoms with Crippen LogP contribution in [0.15, 0.2) is 30.3 Å². The van der Waals surface area contributed by atoms with Crippen LogP contribution >= 0.6 is 0 Å². The number of benzene rings is 1. The van der Waals surface area contributed by atoms with Gasteiger partial charge in [-0.3, -0.25) is 4.79 Å². The summed E-state index contributed by atoms with van der Waals surface area (Å²) in [5, 5.41) is 230. The predicted molar refractivity (Wildman–Crippen MR) is 260 cm³/mol. The van der Waals surface area contributed by atoms with Gasteiger partial charge in [0.15, 0.2) is 44.0 Å². The maximum atomic E-state index is 11.3. The topological polar surface area (TPSA) is 571 Å². The van der Waals surface area contributed by atoms with E-state index in [1.165, 1.54) is 0 Å². The van der Waals surface area contributed by atoms with Gasteiger partial charge in [-0.15, -0.1) is 0 Å². The fourth-order valence-electron chi connectivity index (χ4n) is 10.9. The number of aliphatic hydroxyl groups is 21. The van der Waals surface area contributed by atoms with E-state index in [-0.39, 0.29) is 0 Å². The van der Waals surface area contributed by atoms with Crippen LogP contribution in [0.2, 0.25) is 0 Å². The normalized spacial score (nSPS) is 51.0. The van der Waals surface area contributed by atoms with Gasteiger partial charge in [-0.1, -0.05) is 30.3 Å². The fraction of sp³-hybridized carbons (Fsp3) is 0.857. The van der Waals surface area contributed by atoms with E-state index in [0.717, 1.165) is 11.8 Å². The van der Waals surface area contributed by atoms with Crippen molar-refractivity contribution >= 4 is 6.29 Å². The van der Waals surface area contributed by atoms with E-state index in [4.69, 9.17) is 66.3 Å². The van der Waals surface area contributed by atoms with Gasteiger partial charge in [0, 0.05) is 5.56 Å². The summed E-state index contributed by atoms with van der Waals surface area (Å²) in [6, 6.07) is 9.10. The van der Waals surface area contributed by atoms with Gasteiger partial charge >= 0.3 is 0 Å². The van der Waals surface area contributed by atoms with Crippen molar-refractivity contribution in [1.29, 1.82) is 0 Å². The van der Waals surface area contributed by atoms with Gasteiger partial charge in [-0.25, -0.2) is 0 Å². The number of rotatable bonds is 8. The number of carbonyl (C=O) groups is 1. The van der Waals surface area contributed by atoms with Crippen molar-refractivity contribution in [3.63, 3.8) is 0 Å². The van der Waals surface area contributed by atoms with Crippen molar-refractivity contribution in [3.8, 4) is 0 Å². The molecule has 0 aliphatic carbocycles. The zero-order valence-corrected chi connectivity index (χ0v) is 44.6. The highest BCUT2D eigenvalue weighted by molar-refractivity contribution is 5.74. The van der Waals surface area contributed by atoms with Gasteiger partial charge in [0.05, 0.1) is 46.2 Å². The molecule has 36 heteroatoms. The molecule has 85 heavy (non-hydrogen) atoms. The lowest BCUT2D eigenvalue weighted by Crippen LogP contribution is -2.68. The molecule has 21 saturated heterocycles. The zero-order valence-electron chi connectivity index (χ0n) is 44.6. The molecule has 0 spiro atoms. The number of hydrogen-bond acceptors (Lipinski definition) is 36. The van der Waals surface area contributed by atoms with Crippen LogP contribution in [0.4, 0.5) is 0 Å². The predicted octanol–water partition coefficient (Wildman–Crippen LogP) is -13.7. The third kappa shape index (κ3) is 14.3. The molecule has 0 aromatic heterocycles. The second kappa shape index (κ2) is 30.1. The van der Waals surface area contributed by atoms with Crippen LogP contribution in [0.1, 0.15) is 10.4 Å². The maximum Gasteiger partial charge on any atom is 0.187 e. The summed E-state index contributed by atoms with van der Waals surface area (Å²) < 4.78 is 79.5. The Kier molecular flexibility index (Phi) is 24.2. The molecular formula is C49H76O36. The highest BCUT2D eigenvalue weighted by atomic mass is 16.8. The monoisotopic (exact) mass is 1240 g/mol. The van der Waals surface area contributed by atoms with Crippen LogP contribution < -0.4 is 0 Å². The zero-order chi connectivity index (χ0) is 61.9. The molecule has 0 unspecified atom stereocenters. The largest absolute Gasteiger partial charge is 0.394 e. The second-order valence-electron chi connectivity index (χ2n) is 21.2. The van der Waals surface area contributed by atoms with Crippen molar-refractivity contribution in [3.05, 3.63) is 35.9 Å². The van der Waals surface area contributed by atoms with Gasteiger partial charge in [-0.05, 0) is 0 Å². The number of aldehydes is 1. The molecule has 0 amide bonds. The first kappa shape index (κ1) is 68.4. The van der Waals surface area contributed by atoms with Gasteiger partial charge in [0.2, 0.25) is 0 Å². The molecule has 488 valence electrons. The smallest absolute Gasteiger partial charge is 0.187 e. The second-order valence-corrected chi connectivity index (χ2v) is 21.2. The quantitative estimate of drug-likeness (QED) is 0.107. The highest BCUT2D eigenvalue weighted by Crippen LogP contribution is 2.39. The first-order valence-corrected chi connectivity index (χ1v) is 27.1. The van der Waals surface area contributed by atoms with E-state index < -0.39 is 261 Å². The average molecular weight is 1240 g/mol. The minimum atomic E-state index is -2.21. The summed E-state index contributed by atoms with van der Waals surface area (Å²) in [6.07, 6.45) is -69.4.